The number of hydrogen-bond acceptors (Lipinski definition) is 2. The van der Waals surface area contributed by atoms with Crippen LogP contribution < -0.4 is 5.32 Å². The van der Waals surface area contributed by atoms with Crippen molar-refractivity contribution in [2.45, 2.75) is 6.92 Å². The van der Waals surface area contributed by atoms with Gasteiger partial charge in [0.15, 0.2) is 0 Å². The minimum atomic E-state index is 0.579. The fraction of sp³-hybridized carbons (Fsp3) is 0.0714. The molecule has 0 saturated carbocycles. The lowest BCUT2D eigenvalue weighted by Crippen LogP contribution is -1.93. The zero-order valence-electron chi connectivity index (χ0n) is 9.37. The van der Waals surface area contributed by atoms with E-state index < -0.39 is 0 Å². The largest absolute Gasteiger partial charge is 0.354 e. The summed E-state index contributed by atoms with van der Waals surface area (Å²) in [7, 11) is 0. The van der Waals surface area contributed by atoms with E-state index in [0.29, 0.717) is 10.6 Å². The Bertz CT molecular complexity index is 568. The van der Waals surface area contributed by atoms with Crippen molar-refractivity contribution in [1.82, 2.24) is 0 Å². The highest BCUT2D eigenvalue weighted by atomic mass is 35.5. The van der Waals surface area contributed by atoms with Crippen molar-refractivity contribution in [3.05, 3.63) is 58.6 Å². The van der Waals surface area contributed by atoms with E-state index in [-0.39, 0.29) is 0 Å². The molecule has 2 rings (SSSR count). The van der Waals surface area contributed by atoms with Crippen molar-refractivity contribution in [3.8, 4) is 6.07 Å². The molecule has 0 amide bonds. The van der Waals surface area contributed by atoms with Gasteiger partial charge < -0.3 is 5.32 Å². The molecule has 2 aromatic rings. The number of benzene rings is 2. The van der Waals surface area contributed by atoms with Gasteiger partial charge in [-0.05, 0) is 37.3 Å². The van der Waals surface area contributed by atoms with Crippen molar-refractivity contribution < 1.29 is 0 Å². The van der Waals surface area contributed by atoms with E-state index in [2.05, 4.69) is 11.4 Å². The van der Waals surface area contributed by atoms with Gasteiger partial charge in [-0.1, -0.05) is 29.3 Å². The van der Waals surface area contributed by atoms with Crippen molar-refractivity contribution >= 4 is 23.0 Å². The second-order valence-corrected chi connectivity index (χ2v) is 4.23. The monoisotopic (exact) mass is 242 g/mol. The van der Waals surface area contributed by atoms with Gasteiger partial charge in [0.05, 0.1) is 11.3 Å². The normalized spacial score (nSPS) is 9.71. The number of nitrogens with zero attached hydrogens (tertiary/aromatic N) is 1. The second kappa shape index (κ2) is 4.90. The summed E-state index contributed by atoms with van der Waals surface area (Å²) >= 11 is 5.92. The van der Waals surface area contributed by atoms with Gasteiger partial charge in [0.2, 0.25) is 0 Å². The maximum atomic E-state index is 9.00. The lowest BCUT2D eigenvalue weighted by atomic mass is 10.1. The van der Waals surface area contributed by atoms with E-state index in [1.165, 1.54) is 5.56 Å². The molecule has 0 fully saturated rings. The van der Waals surface area contributed by atoms with E-state index in [1.807, 2.05) is 31.2 Å². The number of rotatable bonds is 2. The van der Waals surface area contributed by atoms with Crippen LogP contribution in [0, 0.1) is 18.3 Å². The van der Waals surface area contributed by atoms with E-state index >= 15 is 0 Å². The molecular formula is C14H11ClN2. The Morgan fingerprint density at radius 3 is 2.47 bits per heavy atom. The summed E-state index contributed by atoms with van der Waals surface area (Å²) in [6.45, 7) is 2.03. The van der Waals surface area contributed by atoms with Crippen LogP contribution in [-0.4, -0.2) is 0 Å². The SMILES string of the molecule is Cc1ccc(Nc2cc(Cl)ccc2C#N)cc1. The van der Waals surface area contributed by atoms with Crippen LogP contribution in [0.15, 0.2) is 42.5 Å². The maximum absolute atomic E-state index is 9.00. The molecule has 0 aliphatic heterocycles. The minimum absolute atomic E-state index is 0.579. The summed E-state index contributed by atoms with van der Waals surface area (Å²) in [5.41, 5.74) is 3.44. The highest BCUT2D eigenvalue weighted by Gasteiger charge is 2.03. The molecular weight excluding hydrogens is 232 g/mol. The van der Waals surface area contributed by atoms with Gasteiger partial charge in [-0.25, -0.2) is 0 Å². The first-order chi connectivity index (χ1) is 8.19. The molecule has 0 heterocycles. The van der Waals surface area contributed by atoms with Crippen LogP contribution in [0.1, 0.15) is 11.1 Å². The molecule has 0 bridgehead atoms. The predicted octanol–water partition coefficient (Wildman–Crippen LogP) is 4.26. The van der Waals surface area contributed by atoms with Crippen LogP contribution in [0.4, 0.5) is 11.4 Å². The van der Waals surface area contributed by atoms with Crippen molar-refractivity contribution in [3.63, 3.8) is 0 Å². The summed E-state index contributed by atoms with van der Waals surface area (Å²) in [5, 5.41) is 12.8. The molecule has 0 aliphatic rings. The highest BCUT2D eigenvalue weighted by Crippen LogP contribution is 2.24. The molecule has 84 valence electrons. The van der Waals surface area contributed by atoms with Gasteiger partial charge in [-0.15, -0.1) is 0 Å². The van der Waals surface area contributed by atoms with Crippen molar-refractivity contribution in [1.29, 1.82) is 5.26 Å². The summed E-state index contributed by atoms with van der Waals surface area (Å²) in [5.74, 6) is 0. The molecule has 1 N–H and O–H groups in total. The molecule has 0 unspecified atom stereocenters. The fourth-order valence-electron chi connectivity index (χ4n) is 1.51. The number of halogens is 1. The minimum Gasteiger partial charge on any atom is -0.354 e. The Balaban J connectivity index is 2.32. The van der Waals surface area contributed by atoms with Crippen molar-refractivity contribution in [2.24, 2.45) is 0 Å². The van der Waals surface area contributed by atoms with Gasteiger partial charge in [-0.2, -0.15) is 5.26 Å². The molecule has 2 nitrogen and oxygen atoms in total. The molecule has 17 heavy (non-hydrogen) atoms. The average molecular weight is 243 g/mol. The van der Waals surface area contributed by atoms with Crippen LogP contribution in [-0.2, 0) is 0 Å². The van der Waals surface area contributed by atoms with E-state index in [1.54, 1.807) is 18.2 Å². The number of nitriles is 1. The third-order valence-corrected chi connectivity index (χ3v) is 2.67. The van der Waals surface area contributed by atoms with E-state index in [0.717, 1.165) is 11.4 Å². The quantitative estimate of drug-likeness (QED) is 0.854. The lowest BCUT2D eigenvalue weighted by molar-refractivity contribution is 1.44. The molecule has 2 aromatic carbocycles. The number of nitrogens with one attached hydrogen (secondary N) is 1. The average Bonchev–Trinajstić information content (AvgIpc) is 2.32. The van der Waals surface area contributed by atoms with Crippen LogP contribution in [0.25, 0.3) is 0 Å². The molecule has 0 aromatic heterocycles. The number of anilines is 2. The summed E-state index contributed by atoms with van der Waals surface area (Å²) in [4.78, 5) is 0. The smallest absolute Gasteiger partial charge is 0.101 e. The van der Waals surface area contributed by atoms with Crippen LogP contribution in [0.5, 0.6) is 0 Å². The maximum Gasteiger partial charge on any atom is 0.101 e. The third-order valence-electron chi connectivity index (χ3n) is 2.43. The molecule has 0 atom stereocenters. The standard InChI is InChI=1S/C14H11ClN2/c1-10-2-6-13(7-3-10)17-14-8-12(15)5-4-11(14)9-16/h2-8,17H,1H3. The zero-order chi connectivity index (χ0) is 12.3. The zero-order valence-corrected chi connectivity index (χ0v) is 10.1. The van der Waals surface area contributed by atoms with Crippen LogP contribution in [0.3, 0.4) is 0 Å². The van der Waals surface area contributed by atoms with Gasteiger partial charge in [-0.3, -0.25) is 0 Å². The van der Waals surface area contributed by atoms with E-state index in [4.69, 9.17) is 16.9 Å². The lowest BCUT2D eigenvalue weighted by Gasteiger charge is -2.08. The second-order valence-electron chi connectivity index (χ2n) is 3.79. The van der Waals surface area contributed by atoms with Gasteiger partial charge in [0.25, 0.3) is 0 Å². The number of aryl methyl sites for hydroxylation is 1. The van der Waals surface area contributed by atoms with Gasteiger partial charge in [0, 0.05) is 10.7 Å². The first-order valence-electron chi connectivity index (χ1n) is 5.22. The molecule has 0 aliphatic carbocycles. The Morgan fingerprint density at radius 2 is 1.82 bits per heavy atom. The van der Waals surface area contributed by atoms with Crippen LogP contribution >= 0.6 is 11.6 Å². The van der Waals surface area contributed by atoms with Crippen molar-refractivity contribution in [2.75, 3.05) is 5.32 Å². The molecule has 0 spiro atoms. The Hall–Kier alpha value is -1.98. The number of hydrogen-bond donors (Lipinski definition) is 1. The summed E-state index contributed by atoms with van der Waals surface area (Å²) in [6.07, 6.45) is 0. The molecule has 0 saturated heterocycles. The van der Waals surface area contributed by atoms with Crippen LogP contribution in [0.2, 0.25) is 5.02 Å². The predicted molar refractivity (Wildman–Crippen MR) is 70.6 cm³/mol. The first kappa shape index (κ1) is 11.5. The third kappa shape index (κ3) is 2.77. The first-order valence-corrected chi connectivity index (χ1v) is 5.60. The topological polar surface area (TPSA) is 35.8 Å². The Labute approximate surface area is 105 Å². The Kier molecular flexibility index (Phi) is 3.32. The Morgan fingerprint density at radius 1 is 1.12 bits per heavy atom. The highest BCUT2D eigenvalue weighted by molar-refractivity contribution is 6.30. The molecule has 3 heteroatoms. The summed E-state index contributed by atoms with van der Waals surface area (Å²) in [6, 6.07) is 15.3. The summed E-state index contributed by atoms with van der Waals surface area (Å²) < 4.78 is 0. The van der Waals surface area contributed by atoms with E-state index in [9.17, 15) is 0 Å². The van der Waals surface area contributed by atoms with Gasteiger partial charge >= 0.3 is 0 Å². The fourth-order valence-corrected chi connectivity index (χ4v) is 1.68. The molecule has 0 radical (unpaired) electrons. The van der Waals surface area contributed by atoms with Gasteiger partial charge in [0.1, 0.15) is 6.07 Å².